The van der Waals surface area contributed by atoms with Crippen molar-refractivity contribution < 1.29 is 14.4 Å². The molecule has 1 aromatic heterocycles. The number of amides is 1. The molecule has 0 spiro atoms. The quantitative estimate of drug-likeness (QED) is 0.774. The first-order valence-electron chi connectivity index (χ1n) is 8.14. The van der Waals surface area contributed by atoms with Gasteiger partial charge in [-0.25, -0.2) is 4.98 Å². The highest BCUT2D eigenvalue weighted by atomic mass is 16.2. The molecule has 0 fully saturated rings. The number of nitrogens with one attached hydrogen (secondary N) is 1. The van der Waals surface area contributed by atoms with E-state index in [9.17, 15) is 14.4 Å². The second-order valence-electron chi connectivity index (χ2n) is 7.49. The van der Waals surface area contributed by atoms with Gasteiger partial charge in [-0.15, -0.1) is 0 Å². The van der Waals surface area contributed by atoms with E-state index in [1.807, 2.05) is 34.6 Å². The van der Waals surface area contributed by atoms with Crippen molar-refractivity contribution >= 4 is 17.5 Å². The van der Waals surface area contributed by atoms with Crippen molar-refractivity contribution in [3.05, 3.63) is 24.3 Å². The van der Waals surface area contributed by atoms with E-state index < -0.39 is 17.4 Å². The molecule has 0 bridgehead atoms. The number of aromatic nitrogens is 2. The van der Waals surface area contributed by atoms with Crippen LogP contribution in [0.2, 0.25) is 0 Å². The first kappa shape index (κ1) is 19.9. The number of rotatable bonds is 7. The first-order chi connectivity index (χ1) is 11.0. The predicted molar refractivity (Wildman–Crippen MR) is 91.4 cm³/mol. The van der Waals surface area contributed by atoms with E-state index in [1.165, 1.54) is 25.5 Å². The number of hydrogen-bond acceptors (Lipinski definition) is 5. The third-order valence-electron chi connectivity index (χ3n) is 3.95. The SMILES string of the molecule is CC(=O)[C@@H](NC(=O)[C@@H](CC(=O)c1cnccn1)C(C)C)C(C)(C)C. The number of Topliss-reactive ketones (excluding diaryl/α,β-unsaturated/α-hetero) is 2. The van der Waals surface area contributed by atoms with Crippen molar-refractivity contribution in [3.8, 4) is 0 Å². The van der Waals surface area contributed by atoms with Crippen molar-refractivity contribution in [3.63, 3.8) is 0 Å². The number of nitrogens with zero attached hydrogens (tertiary/aromatic N) is 2. The molecule has 1 amide bonds. The van der Waals surface area contributed by atoms with E-state index in [4.69, 9.17) is 0 Å². The molecule has 6 nitrogen and oxygen atoms in total. The highest BCUT2D eigenvalue weighted by molar-refractivity contribution is 5.97. The summed E-state index contributed by atoms with van der Waals surface area (Å²) in [5, 5.41) is 2.82. The molecule has 0 aromatic carbocycles. The van der Waals surface area contributed by atoms with Crippen LogP contribution in [-0.2, 0) is 9.59 Å². The van der Waals surface area contributed by atoms with Crippen LogP contribution in [0.1, 0.15) is 58.5 Å². The number of carbonyl (C=O) groups is 3. The van der Waals surface area contributed by atoms with Gasteiger partial charge in [-0.05, 0) is 18.3 Å². The Morgan fingerprint density at radius 1 is 1.17 bits per heavy atom. The van der Waals surface area contributed by atoms with Gasteiger partial charge >= 0.3 is 0 Å². The Morgan fingerprint density at radius 2 is 1.79 bits per heavy atom. The predicted octanol–water partition coefficient (Wildman–Crippen LogP) is 2.44. The van der Waals surface area contributed by atoms with Crippen molar-refractivity contribution in [2.75, 3.05) is 0 Å². The molecule has 6 heteroatoms. The Hall–Kier alpha value is -2.11. The zero-order chi connectivity index (χ0) is 18.5. The summed E-state index contributed by atoms with van der Waals surface area (Å²) in [5.41, 5.74) is -0.146. The standard InChI is InChI=1S/C18H27N3O3/c1-11(2)13(9-15(23)14-10-19-7-8-20-14)17(24)21-16(12(3)22)18(4,5)6/h7-8,10-11,13,16H,9H2,1-6H3,(H,21,24)/t13-,16+/m0/s1. The molecule has 1 aromatic rings. The Balaban J connectivity index is 2.90. The van der Waals surface area contributed by atoms with Crippen LogP contribution >= 0.6 is 0 Å². The molecule has 0 radical (unpaired) electrons. The van der Waals surface area contributed by atoms with Crippen LogP contribution < -0.4 is 5.32 Å². The fourth-order valence-corrected chi connectivity index (χ4v) is 2.56. The molecule has 1 rings (SSSR count). The molecular weight excluding hydrogens is 306 g/mol. The zero-order valence-corrected chi connectivity index (χ0v) is 15.3. The van der Waals surface area contributed by atoms with E-state index in [-0.39, 0.29) is 35.5 Å². The second-order valence-corrected chi connectivity index (χ2v) is 7.49. The maximum Gasteiger partial charge on any atom is 0.224 e. The van der Waals surface area contributed by atoms with Crippen LogP contribution in [0.3, 0.4) is 0 Å². The molecule has 0 unspecified atom stereocenters. The Labute approximate surface area is 143 Å². The molecule has 0 saturated heterocycles. The Bertz CT molecular complexity index is 591. The number of hydrogen-bond donors (Lipinski definition) is 1. The van der Waals surface area contributed by atoms with E-state index in [0.29, 0.717) is 0 Å². The summed E-state index contributed by atoms with van der Waals surface area (Å²) in [4.78, 5) is 44.7. The van der Waals surface area contributed by atoms with Crippen LogP contribution in [0.5, 0.6) is 0 Å². The third-order valence-corrected chi connectivity index (χ3v) is 3.95. The fraction of sp³-hybridized carbons (Fsp3) is 0.611. The Morgan fingerprint density at radius 3 is 2.21 bits per heavy atom. The van der Waals surface area contributed by atoms with E-state index >= 15 is 0 Å². The lowest BCUT2D eigenvalue weighted by Gasteiger charge is -2.31. The van der Waals surface area contributed by atoms with Gasteiger partial charge in [0.15, 0.2) is 11.6 Å². The topological polar surface area (TPSA) is 89.0 Å². The minimum absolute atomic E-state index is 0.0387. The molecule has 1 N–H and O–H groups in total. The summed E-state index contributed by atoms with van der Waals surface area (Å²) in [7, 11) is 0. The van der Waals surface area contributed by atoms with E-state index in [0.717, 1.165) is 0 Å². The smallest absolute Gasteiger partial charge is 0.224 e. The minimum Gasteiger partial charge on any atom is -0.346 e. The van der Waals surface area contributed by atoms with Gasteiger partial charge in [0.25, 0.3) is 0 Å². The summed E-state index contributed by atoms with van der Waals surface area (Å²) in [5.74, 6) is -1.18. The van der Waals surface area contributed by atoms with Crippen LogP contribution in [0.4, 0.5) is 0 Å². The van der Waals surface area contributed by atoms with Gasteiger partial charge in [-0.2, -0.15) is 0 Å². The van der Waals surface area contributed by atoms with Crippen LogP contribution in [0, 0.1) is 17.3 Å². The molecule has 0 saturated carbocycles. The lowest BCUT2D eigenvalue weighted by atomic mass is 9.83. The number of ketones is 2. The van der Waals surface area contributed by atoms with Crippen LogP contribution in [-0.4, -0.2) is 33.5 Å². The van der Waals surface area contributed by atoms with Gasteiger partial charge in [0.2, 0.25) is 5.91 Å². The molecule has 1 heterocycles. The third kappa shape index (κ3) is 5.51. The second kappa shape index (κ2) is 8.13. The maximum atomic E-state index is 12.7. The summed E-state index contributed by atoms with van der Waals surface area (Å²) in [6, 6.07) is -0.585. The van der Waals surface area contributed by atoms with Gasteiger partial charge in [0.1, 0.15) is 5.69 Å². The molecule has 0 aliphatic rings. The van der Waals surface area contributed by atoms with Gasteiger partial charge in [-0.1, -0.05) is 34.6 Å². The average Bonchev–Trinajstić information content (AvgIpc) is 2.48. The highest BCUT2D eigenvalue weighted by Gasteiger charge is 2.34. The van der Waals surface area contributed by atoms with E-state index in [1.54, 1.807) is 0 Å². The average molecular weight is 333 g/mol. The van der Waals surface area contributed by atoms with Crippen molar-refractivity contribution in [1.82, 2.24) is 15.3 Å². The molecule has 2 atom stereocenters. The van der Waals surface area contributed by atoms with Crippen LogP contribution in [0.15, 0.2) is 18.6 Å². The van der Waals surface area contributed by atoms with Crippen LogP contribution in [0.25, 0.3) is 0 Å². The van der Waals surface area contributed by atoms with Gasteiger partial charge in [0, 0.05) is 24.7 Å². The summed E-state index contributed by atoms with van der Waals surface area (Å²) in [6.45, 7) is 10.9. The van der Waals surface area contributed by atoms with Gasteiger partial charge in [-0.3, -0.25) is 19.4 Å². The zero-order valence-electron chi connectivity index (χ0n) is 15.3. The molecule has 24 heavy (non-hydrogen) atoms. The minimum atomic E-state index is -0.585. The Kier molecular flexibility index (Phi) is 6.75. The van der Waals surface area contributed by atoms with Crippen molar-refractivity contribution in [1.29, 1.82) is 0 Å². The van der Waals surface area contributed by atoms with Gasteiger partial charge in [0.05, 0.1) is 12.2 Å². The normalized spacial score (nSPS) is 14.1. The largest absolute Gasteiger partial charge is 0.346 e. The first-order valence-corrected chi connectivity index (χ1v) is 8.14. The summed E-state index contributed by atoms with van der Waals surface area (Å²) < 4.78 is 0. The molecular formula is C18H27N3O3. The fourth-order valence-electron chi connectivity index (χ4n) is 2.56. The molecule has 0 aliphatic heterocycles. The number of carbonyl (C=O) groups excluding carboxylic acids is 3. The lowest BCUT2D eigenvalue weighted by Crippen LogP contribution is -2.50. The maximum absolute atomic E-state index is 12.7. The van der Waals surface area contributed by atoms with E-state index in [2.05, 4.69) is 15.3 Å². The molecule has 0 aliphatic carbocycles. The molecule has 132 valence electrons. The summed E-state index contributed by atoms with van der Waals surface area (Å²) >= 11 is 0. The van der Waals surface area contributed by atoms with Gasteiger partial charge < -0.3 is 5.32 Å². The lowest BCUT2D eigenvalue weighted by molar-refractivity contribution is -0.132. The van der Waals surface area contributed by atoms with Crippen molar-refractivity contribution in [2.24, 2.45) is 17.3 Å². The van der Waals surface area contributed by atoms with Crippen molar-refractivity contribution in [2.45, 2.75) is 54.0 Å². The highest BCUT2D eigenvalue weighted by Crippen LogP contribution is 2.23. The summed E-state index contributed by atoms with van der Waals surface area (Å²) in [6.07, 6.45) is 4.37. The monoisotopic (exact) mass is 333 g/mol.